The second-order valence-corrected chi connectivity index (χ2v) is 7.51. The molecule has 0 atom stereocenters. The molecule has 21 heavy (non-hydrogen) atoms. The van der Waals surface area contributed by atoms with Gasteiger partial charge in [-0.1, -0.05) is 11.8 Å². The lowest BCUT2D eigenvalue weighted by atomic mass is 10.2. The minimum atomic E-state index is -3.50. The van der Waals surface area contributed by atoms with E-state index < -0.39 is 10.0 Å². The Balaban J connectivity index is 2.08. The molecule has 110 valence electrons. The van der Waals surface area contributed by atoms with Crippen LogP contribution in [0.2, 0.25) is 0 Å². The Labute approximate surface area is 129 Å². The van der Waals surface area contributed by atoms with Gasteiger partial charge >= 0.3 is 0 Å². The summed E-state index contributed by atoms with van der Waals surface area (Å²) in [4.78, 5) is 2.38. The first-order valence-corrected chi connectivity index (χ1v) is 8.65. The highest BCUT2D eigenvalue weighted by Crippen LogP contribution is 2.16. The quantitative estimate of drug-likeness (QED) is 0.845. The second-order valence-electron chi connectivity index (χ2n) is 4.37. The molecule has 0 aliphatic carbocycles. The Morgan fingerprint density at radius 1 is 1.19 bits per heavy atom. The maximum Gasteiger partial charge on any atom is 0.240 e. The fourth-order valence-corrected chi connectivity index (χ4v) is 3.63. The monoisotopic (exact) mass is 320 g/mol. The number of nitrogens with one attached hydrogen (secondary N) is 1. The molecular formula is C15H16N2O2S2. The minimum Gasteiger partial charge on any atom is -0.320 e. The molecule has 4 nitrogen and oxygen atoms in total. The van der Waals surface area contributed by atoms with Gasteiger partial charge in [0.15, 0.2) is 0 Å². The topological polar surface area (TPSA) is 72.2 Å². The van der Waals surface area contributed by atoms with E-state index in [1.165, 1.54) is 0 Å². The number of hydrogen-bond acceptors (Lipinski definition) is 4. The first kappa shape index (κ1) is 15.7. The zero-order chi connectivity index (χ0) is 15.3. The fourth-order valence-electron chi connectivity index (χ4n) is 1.70. The molecule has 2 aromatic rings. The third-order valence-electron chi connectivity index (χ3n) is 2.73. The maximum atomic E-state index is 12.2. The Morgan fingerprint density at radius 3 is 2.48 bits per heavy atom. The van der Waals surface area contributed by atoms with Gasteiger partial charge in [0.2, 0.25) is 10.0 Å². The van der Waals surface area contributed by atoms with Gasteiger partial charge in [0, 0.05) is 21.9 Å². The molecule has 3 N–H and O–H groups in total. The number of rotatable bonds is 4. The van der Waals surface area contributed by atoms with Crippen molar-refractivity contribution in [3.63, 3.8) is 0 Å². The molecule has 1 aromatic carbocycles. The van der Waals surface area contributed by atoms with E-state index in [0.717, 1.165) is 15.3 Å². The lowest BCUT2D eigenvalue weighted by Crippen LogP contribution is -2.22. The van der Waals surface area contributed by atoms with Gasteiger partial charge in [0.25, 0.3) is 0 Å². The van der Waals surface area contributed by atoms with Gasteiger partial charge in [-0.3, -0.25) is 0 Å². The number of hydrogen-bond donors (Lipinski definition) is 2. The summed E-state index contributed by atoms with van der Waals surface area (Å²) < 4.78 is 26.9. The maximum absolute atomic E-state index is 12.2. The molecule has 2 rings (SSSR count). The Hall–Kier alpha value is -1.65. The summed E-state index contributed by atoms with van der Waals surface area (Å²) in [5.74, 6) is 5.58. The number of thiophene rings is 1. The highest BCUT2D eigenvalue weighted by molar-refractivity contribution is 7.89. The average molecular weight is 320 g/mol. The van der Waals surface area contributed by atoms with Crippen molar-refractivity contribution in [1.82, 2.24) is 4.72 Å². The van der Waals surface area contributed by atoms with E-state index in [1.807, 2.05) is 19.1 Å². The largest absolute Gasteiger partial charge is 0.320 e. The highest BCUT2D eigenvalue weighted by atomic mass is 32.2. The molecule has 0 fully saturated rings. The van der Waals surface area contributed by atoms with Crippen molar-refractivity contribution in [3.05, 3.63) is 51.7 Å². The van der Waals surface area contributed by atoms with Gasteiger partial charge in [-0.05, 0) is 43.3 Å². The Kier molecular flexibility index (Phi) is 5.15. The summed E-state index contributed by atoms with van der Waals surface area (Å²) in [6.07, 6.45) is 0. The zero-order valence-electron chi connectivity index (χ0n) is 11.6. The molecule has 0 saturated heterocycles. The third-order valence-corrected chi connectivity index (χ3v) is 5.15. The van der Waals surface area contributed by atoms with E-state index in [4.69, 9.17) is 5.73 Å². The van der Waals surface area contributed by atoms with Crippen LogP contribution in [0.1, 0.15) is 15.3 Å². The fraction of sp³-hybridized carbons (Fsp3) is 0.200. The molecule has 0 saturated carbocycles. The van der Waals surface area contributed by atoms with Crippen molar-refractivity contribution in [2.24, 2.45) is 5.73 Å². The summed E-state index contributed by atoms with van der Waals surface area (Å²) in [5.41, 5.74) is 6.04. The lowest BCUT2D eigenvalue weighted by Gasteiger charge is -2.05. The summed E-state index contributed by atoms with van der Waals surface area (Å²) in [5, 5.41) is 0. The molecule has 0 spiro atoms. The molecule has 1 aromatic heterocycles. The zero-order valence-corrected chi connectivity index (χ0v) is 13.2. The van der Waals surface area contributed by atoms with Crippen molar-refractivity contribution >= 4 is 21.4 Å². The normalized spacial score (nSPS) is 11.0. The summed E-state index contributed by atoms with van der Waals surface area (Å²) in [7, 11) is -3.50. The van der Waals surface area contributed by atoms with Crippen LogP contribution in [0, 0.1) is 18.8 Å². The first-order chi connectivity index (χ1) is 10.0. The van der Waals surface area contributed by atoms with E-state index in [-0.39, 0.29) is 11.4 Å². The molecule has 0 amide bonds. The van der Waals surface area contributed by atoms with Crippen LogP contribution in [0.3, 0.4) is 0 Å². The van der Waals surface area contributed by atoms with Crippen LogP contribution in [-0.2, 0) is 16.6 Å². The van der Waals surface area contributed by atoms with Gasteiger partial charge in [-0.25, -0.2) is 13.1 Å². The molecule has 0 aliphatic heterocycles. The van der Waals surface area contributed by atoms with Gasteiger partial charge in [-0.2, -0.15) is 0 Å². The van der Waals surface area contributed by atoms with Gasteiger partial charge in [0.05, 0.1) is 11.4 Å². The van der Waals surface area contributed by atoms with Crippen molar-refractivity contribution in [2.45, 2.75) is 18.4 Å². The first-order valence-electron chi connectivity index (χ1n) is 6.35. The third kappa shape index (κ3) is 4.41. The standard InChI is InChI=1S/C15H16N2O2S2/c1-12-4-7-14(20-12)11-17-21(18,19)15-8-5-13(6-9-15)3-2-10-16/h4-9,17H,10-11,16H2,1H3. The van der Waals surface area contributed by atoms with Crippen LogP contribution in [-0.4, -0.2) is 15.0 Å². The van der Waals surface area contributed by atoms with E-state index in [0.29, 0.717) is 6.54 Å². The Morgan fingerprint density at radius 2 is 1.90 bits per heavy atom. The molecule has 0 unspecified atom stereocenters. The predicted molar refractivity (Wildman–Crippen MR) is 85.5 cm³/mol. The van der Waals surface area contributed by atoms with E-state index in [2.05, 4.69) is 16.6 Å². The van der Waals surface area contributed by atoms with E-state index >= 15 is 0 Å². The summed E-state index contributed by atoms with van der Waals surface area (Å²) in [6, 6.07) is 10.3. The van der Waals surface area contributed by atoms with E-state index in [1.54, 1.807) is 35.6 Å². The SMILES string of the molecule is Cc1ccc(CNS(=O)(=O)c2ccc(C#CCN)cc2)s1. The second kappa shape index (κ2) is 6.87. The van der Waals surface area contributed by atoms with Crippen molar-refractivity contribution < 1.29 is 8.42 Å². The predicted octanol–water partition coefficient (Wildman–Crippen LogP) is 1.85. The minimum absolute atomic E-state index is 0.231. The van der Waals surface area contributed by atoms with Crippen LogP contribution < -0.4 is 10.5 Å². The van der Waals surface area contributed by atoms with Crippen LogP contribution in [0.5, 0.6) is 0 Å². The lowest BCUT2D eigenvalue weighted by molar-refractivity contribution is 0.582. The van der Waals surface area contributed by atoms with Crippen LogP contribution in [0.4, 0.5) is 0 Å². The van der Waals surface area contributed by atoms with Crippen LogP contribution in [0.25, 0.3) is 0 Å². The molecule has 6 heteroatoms. The molecule has 0 bridgehead atoms. The van der Waals surface area contributed by atoms with Gasteiger partial charge in [0.1, 0.15) is 0 Å². The number of sulfonamides is 1. The number of nitrogens with two attached hydrogens (primary N) is 1. The van der Waals surface area contributed by atoms with Gasteiger partial charge < -0.3 is 5.73 Å². The molecule has 1 heterocycles. The number of benzene rings is 1. The highest BCUT2D eigenvalue weighted by Gasteiger charge is 2.13. The van der Waals surface area contributed by atoms with Crippen LogP contribution in [0.15, 0.2) is 41.3 Å². The van der Waals surface area contributed by atoms with Crippen molar-refractivity contribution in [3.8, 4) is 11.8 Å². The molecule has 0 aliphatic rings. The Bertz CT molecular complexity index is 766. The van der Waals surface area contributed by atoms with Crippen molar-refractivity contribution in [2.75, 3.05) is 6.54 Å². The molecule has 0 radical (unpaired) electrons. The molecular weight excluding hydrogens is 304 g/mol. The summed E-state index contributed by atoms with van der Waals surface area (Å²) in [6.45, 7) is 2.57. The summed E-state index contributed by atoms with van der Waals surface area (Å²) >= 11 is 1.58. The number of aryl methyl sites for hydroxylation is 1. The van der Waals surface area contributed by atoms with Crippen molar-refractivity contribution in [1.29, 1.82) is 0 Å². The average Bonchev–Trinajstić information content (AvgIpc) is 2.89. The smallest absolute Gasteiger partial charge is 0.240 e. The van der Waals surface area contributed by atoms with Gasteiger partial charge in [-0.15, -0.1) is 11.3 Å². The van der Waals surface area contributed by atoms with Crippen LogP contribution >= 0.6 is 11.3 Å². The van der Waals surface area contributed by atoms with E-state index in [9.17, 15) is 8.42 Å².